The highest BCUT2D eigenvalue weighted by atomic mass is 19.1. The van der Waals surface area contributed by atoms with Crippen LogP contribution in [0.1, 0.15) is 65.0 Å². The lowest BCUT2D eigenvalue weighted by Crippen LogP contribution is -2.48. The normalized spacial score (nSPS) is 20.5. The maximum atomic E-state index is 14.0. The Morgan fingerprint density at radius 2 is 1.87 bits per heavy atom. The van der Waals surface area contributed by atoms with Crippen LogP contribution in [0.25, 0.3) is 0 Å². The van der Waals surface area contributed by atoms with Crippen molar-refractivity contribution in [3.05, 3.63) is 64.7 Å². The SMILES string of the molecule is CNC(=O)c1cc(C(=O)NCCC2CN(C(=O)OC(C)(C)C)CCO2)cc2c1O[C@H](CF)[C@H]2c1ccccc1. The highest BCUT2D eigenvalue weighted by Gasteiger charge is 2.39. The summed E-state index contributed by atoms with van der Waals surface area (Å²) in [5, 5.41) is 5.46. The average molecular weight is 542 g/mol. The Morgan fingerprint density at radius 1 is 1.13 bits per heavy atom. The lowest BCUT2D eigenvalue weighted by Gasteiger charge is -2.34. The lowest BCUT2D eigenvalue weighted by atomic mass is 9.86. The Morgan fingerprint density at radius 3 is 2.54 bits per heavy atom. The number of nitrogens with zero attached hydrogens (tertiary/aromatic N) is 1. The molecule has 1 fully saturated rings. The van der Waals surface area contributed by atoms with E-state index < -0.39 is 30.2 Å². The molecule has 0 aromatic heterocycles. The monoisotopic (exact) mass is 541 g/mol. The first-order valence-electron chi connectivity index (χ1n) is 13.2. The molecule has 1 unspecified atom stereocenters. The zero-order valence-corrected chi connectivity index (χ0v) is 22.8. The molecule has 2 N–H and O–H groups in total. The number of hydrogen-bond donors (Lipinski definition) is 2. The quantitative estimate of drug-likeness (QED) is 0.554. The summed E-state index contributed by atoms with van der Waals surface area (Å²) in [6.07, 6.45) is -0.964. The summed E-state index contributed by atoms with van der Waals surface area (Å²) in [4.78, 5) is 39.9. The number of halogens is 1. The molecule has 2 aromatic carbocycles. The zero-order valence-electron chi connectivity index (χ0n) is 22.8. The van der Waals surface area contributed by atoms with Crippen molar-refractivity contribution in [2.24, 2.45) is 0 Å². The smallest absolute Gasteiger partial charge is 0.410 e. The molecule has 2 aromatic rings. The van der Waals surface area contributed by atoms with Crippen molar-refractivity contribution in [3.8, 4) is 5.75 Å². The molecule has 210 valence electrons. The first kappa shape index (κ1) is 28.4. The number of nitrogens with one attached hydrogen (secondary N) is 2. The molecular weight excluding hydrogens is 505 g/mol. The van der Waals surface area contributed by atoms with E-state index in [4.69, 9.17) is 14.2 Å². The molecule has 0 saturated carbocycles. The van der Waals surface area contributed by atoms with Crippen LogP contribution >= 0.6 is 0 Å². The van der Waals surface area contributed by atoms with E-state index >= 15 is 0 Å². The van der Waals surface area contributed by atoms with E-state index in [2.05, 4.69) is 10.6 Å². The highest BCUT2D eigenvalue weighted by molar-refractivity contribution is 6.02. The summed E-state index contributed by atoms with van der Waals surface area (Å²) in [6, 6.07) is 12.5. The molecule has 1 saturated heterocycles. The molecular formula is C29H36FN3O6. The van der Waals surface area contributed by atoms with E-state index in [0.717, 1.165) is 5.56 Å². The molecule has 9 nitrogen and oxygen atoms in total. The molecule has 3 amide bonds. The minimum atomic E-state index is -0.805. The van der Waals surface area contributed by atoms with E-state index in [9.17, 15) is 18.8 Å². The Balaban J connectivity index is 1.47. The van der Waals surface area contributed by atoms with E-state index in [-0.39, 0.29) is 29.2 Å². The van der Waals surface area contributed by atoms with Gasteiger partial charge in [-0.05, 0) is 44.9 Å². The second kappa shape index (κ2) is 12.0. The largest absolute Gasteiger partial charge is 0.486 e. The van der Waals surface area contributed by atoms with Crippen LogP contribution in [0.15, 0.2) is 42.5 Å². The summed E-state index contributed by atoms with van der Waals surface area (Å²) in [7, 11) is 1.49. The van der Waals surface area contributed by atoms with Gasteiger partial charge in [-0.1, -0.05) is 30.3 Å². The maximum absolute atomic E-state index is 14.0. The van der Waals surface area contributed by atoms with Crippen molar-refractivity contribution >= 4 is 17.9 Å². The van der Waals surface area contributed by atoms with Crippen LogP contribution in [0, 0.1) is 0 Å². The molecule has 0 radical (unpaired) electrons. The molecule has 3 atom stereocenters. The van der Waals surface area contributed by atoms with Crippen molar-refractivity contribution < 1.29 is 33.0 Å². The summed E-state index contributed by atoms with van der Waals surface area (Å²) in [5.41, 5.74) is 1.30. The van der Waals surface area contributed by atoms with E-state index in [1.165, 1.54) is 13.1 Å². The van der Waals surface area contributed by atoms with Crippen LogP contribution in [0.2, 0.25) is 0 Å². The van der Waals surface area contributed by atoms with Gasteiger partial charge >= 0.3 is 6.09 Å². The number of rotatable bonds is 7. The fourth-order valence-electron chi connectivity index (χ4n) is 4.88. The van der Waals surface area contributed by atoms with E-state index in [1.54, 1.807) is 11.0 Å². The topological polar surface area (TPSA) is 106 Å². The van der Waals surface area contributed by atoms with Crippen LogP contribution in [0.4, 0.5) is 9.18 Å². The van der Waals surface area contributed by atoms with Crippen molar-refractivity contribution in [3.63, 3.8) is 0 Å². The van der Waals surface area contributed by atoms with Crippen LogP contribution in [0.5, 0.6) is 5.75 Å². The third-order valence-corrected chi connectivity index (χ3v) is 6.68. The fraction of sp³-hybridized carbons (Fsp3) is 0.483. The van der Waals surface area contributed by atoms with Crippen LogP contribution in [0.3, 0.4) is 0 Å². The standard InChI is InChI=1S/C29H36FN3O6/c1-29(2,3)39-28(36)33-12-13-37-20(17-33)10-11-32-26(34)19-14-21-24(18-8-6-5-7-9-18)23(16-30)38-25(21)22(15-19)27(35)31-4/h5-9,14-15,20,23-24H,10-13,16-17H2,1-4H3,(H,31,35)(H,32,34)/t20?,23-,24+/m1/s1. The van der Waals surface area contributed by atoms with E-state index in [1.807, 2.05) is 51.1 Å². The third kappa shape index (κ3) is 6.68. The second-order valence-electron chi connectivity index (χ2n) is 10.7. The van der Waals surface area contributed by atoms with Gasteiger partial charge in [-0.15, -0.1) is 0 Å². The number of benzene rings is 2. The number of hydrogen-bond acceptors (Lipinski definition) is 6. The van der Waals surface area contributed by atoms with Crippen LogP contribution in [-0.4, -0.2) is 80.6 Å². The number of amides is 3. The number of fused-ring (bicyclic) bond motifs is 1. The van der Waals surface area contributed by atoms with Gasteiger partial charge < -0.3 is 29.7 Å². The molecule has 2 heterocycles. The molecule has 4 rings (SSSR count). The van der Waals surface area contributed by atoms with Gasteiger partial charge in [0.2, 0.25) is 0 Å². The number of ether oxygens (including phenoxy) is 3. The number of morpholine rings is 1. The summed E-state index contributed by atoms with van der Waals surface area (Å²) >= 11 is 0. The van der Waals surface area contributed by atoms with Crippen molar-refractivity contribution in [1.82, 2.24) is 15.5 Å². The Bertz CT molecular complexity index is 1200. The van der Waals surface area contributed by atoms with Gasteiger partial charge in [-0.25, -0.2) is 9.18 Å². The minimum Gasteiger partial charge on any atom is -0.486 e. The van der Waals surface area contributed by atoms with Gasteiger partial charge in [0.05, 0.1) is 30.7 Å². The molecule has 0 spiro atoms. The Kier molecular flexibility index (Phi) is 8.74. The Labute approximate surface area is 228 Å². The van der Waals surface area contributed by atoms with Crippen LogP contribution in [-0.2, 0) is 9.47 Å². The van der Waals surface area contributed by atoms with Gasteiger partial charge in [0.1, 0.15) is 24.1 Å². The molecule has 0 aliphatic carbocycles. The number of carbonyl (C=O) groups is 3. The molecule has 39 heavy (non-hydrogen) atoms. The first-order chi connectivity index (χ1) is 18.6. The molecule has 2 aliphatic heterocycles. The first-order valence-corrected chi connectivity index (χ1v) is 13.2. The van der Waals surface area contributed by atoms with Gasteiger partial charge in [0, 0.05) is 31.3 Å². The predicted molar refractivity (Wildman–Crippen MR) is 143 cm³/mol. The fourth-order valence-corrected chi connectivity index (χ4v) is 4.88. The molecule has 2 aliphatic rings. The van der Waals surface area contributed by atoms with Crippen molar-refractivity contribution in [2.75, 3.05) is 40.0 Å². The van der Waals surface area contributed by atoms with Crippen molar-refractivity contribution in [2.45, 2.75) is 50.9 Å². The average Bonchev–Trinajstić information content (AvgIpc) is 3.30. The number of carbonyl (C=O) groups excluding carboxylic acids is 3. The van der Waals surface area contributed by atoms with Crippen LogP contribution < -0.4 is 15.4 Å². The predicted octanol–water partition coefficient (Wildman–Crippen LogP) is 3.66. The number of alkyl halides is 1. The molecule has 10 heteroatoms. The second-order valence-corrected chi connectivity index (χ2v) is 10.7. The van der Waals surface area contributed by atoms with E-state index in [0.29, 0.717) is 44.0 Å². The Hall–Kier alpha value is -3.66. The maximum Gasteiger partial charge on any atom is 0.410 e. The third-order valence-electron chi connectivity index (χ3n) is 6.68. The zero-order chi connectivity index (χ0) is 28.2. The minimum absolute atomic E-state index is 0.181. The summed E-state index contributed by atoms with van der Waals surface area (Å²) in [5.74, 6) is -0.972. The van der Waals surface area contributed by atoms with Crippen molar-refractivity contribution in [1.29, 1.82) is 0 Å². The van der Waals surface area contributed by atoms with Gasteiger partial charge in [0.25, 0.3) is 11.8 Å². The van der Waals surface area contributed by atoms with Gasteiger partial charge in [-0.2, -0.15) is 0 Å². The highest BCUT2D eigenvalue weighted by Crippen LogP contribution is 2.45. The van der Waals surface area contributed by atoms with Gasteiger partial charge in [-0.3, -0.25) is 9.59 Å². The van der Waals surface area contributed by atoms with Gasteiger partial charge in [0.15, 0.2) is 0 Å². The summed E-state index contributed by atoms with van der Waals surface area (Å²) in [6.45, 7) is 6.20. The molecule has 0 bridgehead atoms. The summed E-state index contributed by atoms with van der Waals surface area (Å²) < 4.78 is 31.2. The lowest BCUT2D eigenvalue weighted by molar-refractivity contribution is -0.0440.